The van der Waals surface area contributed by atoms with Crippen LogP contribution in [0.5, 0.6) is 11.5 Å². The Morgan fingerprint density at radius 1 is 0.943 bits per heavy atom. The summed E-state index contributed by atoms with van der Waals surface area (Å²) in [6.07, 6.45) is -3.04. The van der Waals surface area contributed by atoms with E-state index < -0.39 is 11.7 Å². The van der Waals surface area contributed by atoms with Crippen molar-refractivity contribution in [2.24, 2.45) is 0 Å². The van der Waals surface area contributed by atoms with E-state index in [0.29, 0.717) is 33.8 Å². The van der Waals surface area contributed by atoms with Crippen molar-refractivity contribution in [1.29, 1.82) is 0 Å². The van der Waals surface area contributed by atoms with E-state index in [1.807, 2.05) is 12.1 Å². The van der Waals surface area contributed by atoms with E-state index in [1.54, 1.807) is 49.6 Å². The lowest BCUT2D eigenvalue weighted by Gasteiger charge is -2.15. The minimum atomic E-state index is -4.46. The molecule has 0 fully saturated rings. The molecule has 0 radical (unpaired) electrons. The molecule has 6 nitrogen and oxygen atoms in total. The fourth-order valence-electron chi connectivity index (χ4n) is 3.53. The van der Waals surface area contributed by atoms with Crippen molar-refractivity contribution in [3.63, 3.8) is 0 Å². The van der Waals surface area contributed by atoms with Crippen molar-refractivity contribution in [1.82, 2.24) is 10.3 Å². The Labute approximate surface area is 199 Å². The first kappa shape index (κ1) is 23.9. The van der Waals surface area contributed by atoms with Gasteiger partial charge in [-0.2, -0.15) is 13.2 Å². The van der Waals surface area contributed by atoms with Gasteiger partial charge >= 0.3 is 6.18 Å². The second kappa shape index (κ2) is 10.3. The van der Waals surface area contributed by atoms with Gasteiger partial charge in [0.1, 0.15) is 6.61 Å². The summed E-state index contributed by atoms with van der Waals surface area (Å²) in [4.78, 5) is 16.9. The summed E-state index contributed by atoms with van der Waals surface area (Å²) in [5.74, 6) is 0.847. The summed E-state index contributed by atoms with van der Waals surface area (Å²) in [6.45, 7) is 0.488. The molecule has 0 saturated carbocycles. The van der Waals surface area contributed by atoms with Crippen LogP contribution in [0, 0.1) is 0 Å². The van der Waals surface area contributed by atoms with Crippen LogP contribution in [0.2, 0.25) is 0 Å². The Kier molecular flexibility index (Phi) is 7.05. The van der Waals surface area contributed by atoms with Gasteiger partial charge in [0.05, 0.1) is 36.0 Å². The highest BCUT2D eigenvalue weighted by Crippen LogP contribution is 2.33. The van der Waals surface area contributed by atoms with Gasteiger partial charge in [-0.25, -0.2) is 0 Å². The van der Waals surface area contributed by atoms with E-state index >= 15 is 0 Å². The molecular weight excluding hydrogens is 459 g/mol. The number of hydrogen-bond acceptors (Lipinski definition) is 5. The molecule has 4 rings (SSSR count). The number of halogens is 3. The Morgan fingerprint density at radius 2 is 1.69 bits per heavy atom. The van der Waals surface area contributed by atoms with Crippen LogP contribution < -0.4 is 20.1 Å². The number of fused-ring (bicyclic) bond motifs is 1. The predicted molar refractivity (Wildman–Crippen MR) is 127 cm³/mol. The molecule has 0 bridgehead atoms. The lowest BCUT2D eigenvalue weighted by Crippen LogP contribution is -2.28. The first-order valence-corrected chi connectivity index (χ1v) is 10.7. The van der Waals surface area contributed by atoms with E-state index in [4.69, 9.17) is 9.47 Å². The first-order valence-electron chi connectivity index (χ1n) is 10.7. The number of nitrogens with zero attached hydrogens (tertiary/aromatic N) is 1. The molecule has 1 amide bonds. The number of ether oxygens (including phenoxy) is 2. The maximum Gasteiger partial charge on any atom is 0.416 e. The SMILES string of the molecule is COc1ccccc1OCCNC(=O)c1ccccc1Nc1ccnc2cc(C(F)(F)F)ccc12. The number of hydrogen-bond donors (Lipinski definition) is 2. The number of amides is 1. The zero-order valence-electron chi connectivity index (χ0n) is 18.7. The number of aromatic nitrogens is 1. The number of anilines is 2. The number of para-hydroxylation sites is 3. The summed E-state index contributed by atoms with van der Waals surface area (Å²) >= 11 is 0. The molecular formula is C26H22F3N3O3. The molecule has 35 heavy (non-hydrogen) atoms. The smallest absolute Gasteiger partial charge is 0.416 e. The zero-order valence-corrected chi connectivity index (χ0v) is 18.7. The molecule has 0 atom stereocenters. The summed E-state index contributed by atoms with van der Waals surface area (Å²) < 4.78 is 50.1. The van der Waals surface area contributed by atoms with Crippen molar-refractivity contribution in [3.05, 3.63) is 90.1 Å². The fourth-order valence-corrected chi connectivity index (χ4v) is 3.53. The Morgan fingerprint density at radius 3 is 2.46 bits per heavy atom. The maximum atomic E-state index is 13.1. The third-order valence-electron chi connectivity index (χ3n) is 5.23. The van der Waals surface area contributed by atoms with Crippen LogP contribution in [-0.2, 0) is 6.18 Å². The van der Waals surface area contributed by atoms with Crippen molar-refractivity contribution < 1.29 is 27.4 Å². The standard InChI is InChI=1S/C26H22F3N3O3/c1-34-23-8-4-5-9-24(23)35-15-14-31-25(33)19-6-2-3-7-20(19)32-21-12-13-30-22-16-17(26(27,28)29)10-11-18(21)22/h2-13,16H,14-15H2,1H3,(H,30,32)(H,31,33). The van der Waals surface area contributed by atoms with Crippen LogP contribution in [-0.4, -0.2) is 31.2 Å². The molecule has 4 aromatic rings. The Bertz CT molecular complexity index is 1340. The number of methoxy groups -OCH3 is 1. The van der Waals surface area contributed by atoms with Gasteiger partial charge < -0.3 is 20.1 Å². The summed E-state index contributed by atoms with van der Waals surface area (Å²) in [5, 5.41) is 6.47. The van der Waals surface area contributed by atoms with Gasteiger partial charge in [-0.15, -0.1) is 0 Å². The first-order chi connectivity index (χ1) is 16.9. The minimum Gasteiger partial charge on any atom is -0.493 e. The monoisotopic (exact) mass is 481 g/mol. The number of benzene rings is 3. The van der Waals surface area contributed by atoms with Crippen LogP contribution in [0.3, 0.4) is 0 Å². The van der Waals surface area contributed by atoms with Gasteiger partial charge in [0.2, 0.25) is 0 Å². The number of alkyl halides is 3. The Balaban J connectivity index is 1.46. The largest absolute Gasteiger partial charge is 0.493 e. The van der Waals surface area contributed by atoms with E-state index in [9.17, 15) is 18.0 Å². The average molecular weight is 481 g/mol. The van der Waals surface area contributed by atoms with Crippen LogP contribution in [0.25, 0.3) is 10.9 Å². The third kappa shape index (κ3) is 5.63. The number of carbonyl (C=O) groups is 1. The van der Waals surface area contributed by atoms with Gasteiger partial charge in [-0.05, 0) is 42.5 Å². The predicted octanol–water partition coefficient (Wildman–Crippen LogP) is 5.81. The minimum absolute atomic E-state index is 0.195. The fraction of sp³-hybridized carbons (Fsp3) is 0.154. The quantitative estimate of drug-likeness (QED) is 0.311. The van der Waals surface area contributed by atoms with Gasteiger partial charge in [0, 0.05) is 17.3 Å². The van der Waals surface area contributed by atoms with Crippen molar-refractivity contribution in [2.75, 3.05) is 25.6 Å². The number of carbonyl (C=O) groups excluding carboxylic acids is 1. The summed E-state index contributed by atoms with van der Waals surface area (Å²) in [5.41, 5.74) is 0.832. The molecule has 2 N–H and O–H groups in total. The van der Waals surface area contributed by atoms with E-state index in [1.165, 1.54) is 12.3 Å². The lowest BCUT2D eigenvalue weighted by atomic mass is 10.1. The topological polar surface area (TPSA) is 72.5 Å². The maximum absolute atomic E-state index is 13.1. The van der Waals surface area contributed by atoms with Gasteiger partial charge in [-0.3, -0.25) is 9.78 Å². The number of rotatable bonds is 8. The highest BCUT2D eigenvalue weighted by atomic mass is 19.4. The molecule has 0 saturated heterocycles. The van der Waals surface area contributed by atoms with E-state index in [-0.39, 0.29) is 24.6 Å². The molecule has 0 spiro atoms. The molecule has 3 aromatic carbocycles. The van der Waals surface area contributed by atoms with Crippen molar-refractivity contribution in [2.45, 2.75) is 6.18 Å². The molecule has 0 aliphatic carbocycles. The van der Waals surface area contributed by atoms with Crippen LogP contribution in [0.4, 0.5) is 24.5 Å². The molecule has 0 unspecified atom stereocenters. The van der Waals surface area contributed by atoms with Crippen molar-refractivity contribution in [3.8, 4) is 11.5 Å². The summed E-state index contributed by atoms with van der Waals surface area (Å²) in [6, 6.07) is 19.1. The molecule has 180 valence electrons. The summed E-state index contributed by atoms with van der Waals surface area (Å²) in [7, 11) is 1.55. The number of pyridine rings is 1. The molecule has 1 aromatic heterocycles. The van der Waals surface area contributed by atoms with E-state index in [0.717, 1.165) is 12.1 Å². The van der Waals surface area contributed by atoms with Crippen LogP contribution in [0.15, 0.2) is 79.0 Å². The van der Waals surface area contributed by atoms with Gasteiger partial charge in [0.25, 0.3) is 5.91 Å². The average Bonchev–Trinajstić information content (AvgIpc) is 2.86. The molecule has 0 aliphatic heterocycles. The normalized spacial score (nSPS) is 11.2. The second-order valence-electron chi connectivity index (χ2n) is 7.51. The molecule has 1 heterocycles. The van der Waals surface area contributed by atoms with Crippen molar-refractivity contribution >= 4 is 28.2 Å². The second-order valence-corrected chi connectivity index (χ2v) is 7.51. The van der Waals surface area contributed by atoms with Crippen LogP contribution >= 0.6 is 0 Å². The van der Waals surface area contributed by atoms with E-state index in [2.05, 4.69) is 15.6 Å². The highest BCUT2D eigenvalue weighted by Gasteiger charge is 2.30. The van der Waals surface area contributed by atoms with Crippen LogP contribution in [0.1, 0.15) is 15.9 Å². The lowest BCUT2D eigenvalue weighted by molar-refractivity contribution is -0.137. The molecule has 0 aliphatic rings. The van der Waals surface area contributed by atoms with Gasteiger partial charge in [0.15, 0.2) is 11.5 Å². The Hall–Kier alpha value is -4.27. The zero-order chi connectivity index (χ0) is 24.8. The number of nitrogens with one attached hydrogen (secondary N) is 2. The highest BCUT2D eigenvalue weighted by molar-refractivity contribution is 6.02. The van der Waals surface area contributed by atoms with Gasteiger partial charge in [-0.1, -0.05) is 30.3 Å². The third-order valence-corrected chi connectivity index (χ3v) is 5.23. The molecule has 9 heteroatoms.